The molecule has 0 aromatic heterocycles. The van der Waals surface area contributed by atoms with Crippen LogP contribution in [0.2, 0.25) is 0 Å². The maximum absolute atomic E-state index is 12.4. The zero-order chi connectivity index (χ0) is 17.2. The van der Waals surface area contributed by atoms with Gasteiger partial charge in [0.25, 0.3) is 5.91 Å². The molecule has 126 valence electrons. The molecule has 4 rings (SSSR count). The molecule has 0 fully saturated rings. The molecule has 2 N–H and O–H groups in total. The van der Waals surface area contributed by atoms with Crippen molar-refractivity contribution < 1.29 is 14.6 Å². The summed E-state index contributed by atoms with van der Waals surface area (Å²) in [4.78, 5) is 12.4. The minimum absolute atomic E-state index is 0.172. The van der Waals surface area contributed by atoms with Crippen LogP contribution in [0, 0.1) is 0 Å². The summed E-state index contributed by atoms with van der Waals surface area (Å²) >= 11 is 0. The predicted octanol–water partition coefficient (Wildman–Crippen LogP) is 3.24. The second-order valence-corrected chi connectivity index (χ2v) is 6.25. The van der Waals surface area contributed by atoms with Crippen LogP contribution in [0.5, 0.6) is 5.75 Å². The van der Waals surface area contributed by atoms with Gasteiger partial charge in [-0.1, -0.05) is 36.4 Å². The lowest BCUT2D eigenvalue weighted by Gasteiger charge is -2.13. The molecule has 1 atom stereocenters. The van der Waals surface area contributed by atoms with Crippen LogP contribution in [0.3, 0.4) is 0 Å². The largest absolute Gasteiger partial charge is 0.493 e. The monoisotopic (exact) mass is 333 g/mol. The van der Waals surface area contributed by atoms with Crippen molar-refractivity contribution in [1.29, 1.82) is 0 Å². The Morgan fingerprint density at radius 3 is 2.80 bits per heavy atom. The van der Waals surface area contributed by atoms with E-state index in [0.29, 0.717) is 12.2 Å². The van der Waals surface area contributed by atoms with Crippen molar-refractivity contribution in [2.75, 3.05) is 13.2 Å². The van der Waals surface area contributed by atoms with Crippen LogP contribution in [0.4, 0.5) is 0 Å². The second kappa shape index (κ2) is 6.57. The summed E-state index contributed by atoms with van der Waals surface area (Å²) in [6, 6.07) is 19.2. The number of carbonyl (C=O) groups is 1. The van der Waals surface area contributed by atoms with Crippen molar-refractivity contribution in [2.45, 2.75) is 12.5 Å². The van der Waals surface area contributed by atoms with Gasteiger partial charge in [-0.05, 0) is 46.2 Å². The van der Waals surface area contributed by atoms with Crippen LogP contribution in [0.1, 0.15) is 27.6 Å². The third-order valence-electron chi connectivity index (χ3n) is 4.57. The number of rotatable bonds is 4. The third-order valence-corrected chi connectivity index (χ3v) is 4.57. The van der Waals surface area contributed by atoms with Crippen LogP contribution in [-0.2, 0) is 6.42 Å². The summed E-state index contributed by atoms with van der Waals surface area (Å²) in [5.74, 6) is 0.699. The van der Waals surface area contributed by atoms with Crippen LogP contribution >= 0.6 is 0 Å². The summed E-state index contributed by atoms with van der Waals surface area (Å²) in [6.07, 6.45) is 0.120. The molecular weight excluding hydrogens is 314 g/mol. The number of nitrogens with one attached hydrogen (secondary N) is 1. The van der Waals surface area contributed by atoms with Gasteiger partial charge in [0.1, 0.15) is 5.75 Å². The molecule has 0 saturated carbocycles. The summed E-state index contributed by atoms with van der Waals surface area (Å²) in [5.41, 5.74) is 2.49. The average Bonchev–Trinajstić information content (AvgIpc) is 3.13. The molecule has 3 aromatic carbocycles. The van der Waals surface area contributed by atoms with Crippen molar-refractivity contribution in [2.24, 2.45) is 0 Å². The van der Waals surface area contributed by atoms with E-state index in [9.17, 15) is 9.90 Å². The lowest BCUT2D eigenvalue weighted by atomic mass is 10.0. The molecule has 0 spiro atoms. The number of benzene rings is 3. The first kappa shape index (κ1) is 15.7. The van der Waals surface area contributed by atoms with E-state index >= 15 is 0 Å². The van der Waals surface area contributed by atoms with Gasteiger partial charge in [0.15, 0.2) is 0 Å². The minimum Gasteiger partial charge on any atom is -0.493 e. The lowest BCUT2D eigenvalue weighted by molar-refractivity contribution is 0.0916. The first-order valence-corrected chi connectivity index (χ1v) is 8.41. The number of hydrogen-bond acceptors (Lipinski definition) is 3. The molecule has 1 amide bonds. The van der Waals surface area contributed by atoms with Gasteiger partial charge >= 0.3 is 0 Å². The minimum atomic E-state index is -0.740. The summed E-state index contributed by atoms with van der Waals surface area (Å²) < 4.78 is 5.47. The predicted molar refractivity (Wildman–Crippen MR) is 96.9 cm³/mol. The summed E-state index contributed by atoms with van der Waals surface area (Å²) in [6.45, 7) is 0.860. The fraction of sp³-hybridized carbons (Fsp3) is 0.190. The van der Waals surface area contributed by atoms with Crippen molar-refractivity contribution >= 4 is 16.7 Å². The smallest absolute Gasteiger partial charge is 0.251 e. The van der Waals surface area contributed by atoms with Gasteiger partial charge in [0.05, 0.1) is 12.7 Å². The van der Waals surface area contributed by atoms with E-state index < -0.39 is 6.10 Å². The molecule has 1 aliphatic heterocycles. The van der Waals surface area contributed by atoms with E-state index in [1.807, 2.05) is 54.6 Å². The van der Waals surface area contributed by atoms with Crippen molar-refractivity contribution in [3.8, 4) is 5.75 Å². The Morgan fingerprint density at radius 1 is 1.08 bits per heavy atom. The van der Waals surface area contributed by atoms with Crippen LogP contribution in [-0.4, -0.2) is 24.2 Å². The number of fused-ring (bicyclic) bond motifs is 2. The number of aliphatic hydroxyl groups excluding tert-OH is 1. The molecule has 25 heavy (non-hydrogen) atoms. The van der Waals surface area contributed by atoms with Crippen molar-refractivity contribution in [3.63, 3.8) is 0 Å². The first-order chi connectivity index (χ1) is 12.2. The van der Waals surface area contributed by atoms with Crippen LogP contribution < -0.4 is 10.1 Å². The molecule has 0 bridgehead atoms. The molecule has 0 radical (unpaired) electrons. The molecule has 4 nitrogen and oxygen atoms in total. The SMILES string of the molecule is O=C(NCC(O)c1ccc2c(c1)CCO2)c1ccc2ccccc2c1. The normalized spacial score (nSPS) is 14.0. The standard InChI is InChI=1S/C21H19NO3/c23-19(16-7-8-20-17(12-16)9-10-25-20)13-22-21(24)18-6-5-14-3-1-2-4-15(14)11-18/h1-8,11-12,19,23H,9-10,13H2,(H,22,24). The molecule has 3 aromatic rings. The number of carbonyl (C=O) groups excluding carboxylic acids is 1. The van der Waals surface area contributed by atoms with E-state index in [0.717, 1.165) is 34.1 Å². The van der Waals surface area contributed by atoms with Crippen LogP contribution in [0.15, 0.2) is 60.7 Å². The Bertz CT molecular complexity index is 935. The molecule has 1 unspecified atom stereocenters. The Balaban J connectivity index is 1.43. The van der Waals surface area contributed by atoms with Crippen LogP contribution in [0.25, 0.3) is 10.8 Å². The number of amides is 1. The first-order valence-electron chi connectivity index (χ1n) is 8.41. The highest BCUT2D eigenvalue weighted by Gasteiger charge is 2.16. The van der Waals surface area contributed by atoms with Gasteiger partial charge in [0.2, 0.25) is 0 Å². The lowest BCUT2D eigenvalue weighted by Crippen LogP contribution is -2.28. The van der Waals surface area contributed by atoms with Gasteiger partial charge in [-0.3, -0.25) is 4.79 Å². The van der Waals surface area contributed by atoms with E-state index in [1.54, 1.807) is 6.07 Å². The van der Waals surface area contributed by atoms with Gasteiger partial charge in [0, 0.05) is 18.5 Å². The third kappa shape index (κ3) is 3.21. The summed E-state index contributed by atoms with van der Waals surface area (Å²) in [5, 5.41) is 15.3. The van der Waals surface area contributed by atoms with E-state index in [-0.39, 0.29) is 12.5 Å². The Kier molecular flexibility index (Phi) is 4.12. The van der Waals surface area contributed by atoms with Crippen molar-refractivity contribution in [1.82, 2.24) is 5.32 Å². The zero-order valence-corrected chi connectivity index (χ0v) is 13.7. The molecule has 1 heterocycles. The van der Waals surface area contributed by atoms with Gasteiger partial charge in [-0.25, -0.2) is 0 Å². The van der Waals surface area contributed by atoms with E-state index in [1.165, 1.54) is 0 Å². The summed E-state index contributed by atoms with van der Waals surface area (Å²) in [7, 11) is 0. The number of ether oxygens (including phenoxy) is 1. The highest BCUT2D eigenvalue weighted by atomic mass is 16.5. The van der Waals surface area contributed by atoms with E-state index in [2.05, 4.69) is 5.32 Å². The van der Waals surface area contributed by atoms with Crippen molar-refractivity contribution in [3.05, 3.63) is 77.4 Å². The maximum Gasteiger partial charge on any atom is 0.251 e. The highest BCUT2D eigenvalue weighted by molar-refractivity contribution is 5.98. The van der Waals surface area contributed by atoms with Gasteiger partial charge < -0.3 is 15.2 Å². The number of hydrogen-bond donors (Lipinski definition) is 2. The molecule has 4 heteroatoms. The molecule has 1 aliphatic rings. The maximum atomic E-state index is 12.4. The Hall–Kier alpha value is -2.85. The Labute approximate surface area is 146 Å². The van der Waals surface area contributed by atoms with Gasteiger partial charge in [-0.15, -0.1) is 0 Å². The van der Waals surface area contributed by atoms with E-state index in [4.69, 9.17) is 4.74 Å². The topological polar surface area (TPSA) is 58.6 Å². The highest BCUT2D eigenvalue weighted by Crippen LogP contribution is 2.28. The number of aliphatic hydroxyl groups is 1. The molecule has 0 aliphatic carbocycles. The second-order valence-electron chi connectivity index (χ2n) is 6.25. The Morgan fingerprint density at radius 2 is 1.92 bits per heavy atom. The quantitative estimate of drug-likeness (QED) is 0.771. The van der Waals surface area contributed by atoms with Gasteiger partial charge in [-0.2, -0.15) is 0 Å². The molecule has 0 saturated heterocycles. The fourth-order valence-corrected chi connectivity index (χ4v) is 3.15. The fourth-order valence-electron chi connectivity index (χ4n) is 3.15. The average molecular weight is 333 g/mol. The molecular formula is C21H19NO3. The zero-order valence-electron chi connectivity index (χ0n) is 13.7.